The lowest BCUT2D eigenvalue weighted by molar-refractivity contribution is -0.149. The Morgan fingerprint density at radius 2 is 2.30 bits per heavy atom. The number of hydrogen-bond acceptors (Lipinski definition) is 4. The SMILES string of the molecule is C=C(CO)C(=O)OCOC. The maximum atomic E-state index is 10.6. The summed E-state index contributed by atoms with van der Waals surface area (Å²) in [7, 11) is 1.40. The first-order valence-electron chi connectivity index (χ1n) is 2.67. The van der Waals surface area contributed by atoms with Crippen LogP contribution in [-0.4, -0.2) is 31.6 Å². The summed E-state index contributed by atoms with van der Waals surface area (Å²) in [5.41, 5.74) is 0.0250. The van der Waals surface area contributed by atoms with E-state index in [1.54, 1.807) is 0 Å². The zero-order valence-electron chi connectivity index (χ0n) is 5.79. The van der Waals surface area contributed by atoms with Crippen molar-refractivity contribution in [2.24, 2.45) is 0 Å². The van der Waals surface area contributed by atoms with Gasteiger partial charge in [0.05, 0.1) is 12.2 Å². The second-order valence-electron chi connectivity index (χ2n) is 1.60. The van der Waals surface area contributed by atoms with Gasteiger partial charge in [0.1, 0.15) is 0 Å². The Bertz CT molecular complexity index is 130. The molecule has 4 heteroatoms. The molecule has 0 radical (unpaired) electrons. The topological polar surface area (TPSA) is 55.8 Å². The summed E-state index contributed by atoms with van der Waals surface area (Å²) in [4.78, 5) is 10.6. The molecule has 0 saturated heterocycles. The van der Waals surface area contributed by atoms with Crippen molar-refractivity contribution < 1.29 is 19.4 Å². The van der Waals surface area contributed by atoms with Crippen LogP contribution in [0.25, 0.3) is 0 Å². The van der Waals surface area contributed by atoms with Crippen LogP contribution in [0.5, 0.6) is 0 Å². The highest BCUT2D eigenvalue weighted by molar-refractivity contribution is 5.87. The van der Waals surface area contributed by atoms with Gasteiger partial charge < -0.3 is 14.6 Å². The van der Waals surface area contributed by atoms with Crippen molar-refractivity contribution in [2.75, 3.05) is 20.5 Å². The number of esters is 1. The molecule has 0 amide bonds. The highest BCUT2D eigenvalue weighted by Gasteiger charge is 2.05. The first-order chi connectivity index (χ1) is 4.72. The Hall–Kier alpha value is -0.870. The van der Waals surface area contributed by atoms with Crippen molar-refractivity contribution in [2.45, 2.75) is 0 Å². The zero-order chi connectivity index (χ0) is 7.98. The van der Waals surface area contributed by atoms with Crippen molar-refractivity contribution in [1.82, 2.24) is 0 Å². The number of hydrogen-bond donors (Lipinski definition) is 1. The van der Waals surface area contributed by atoms with Crippen LogP contribution < -0.4 is 0 Å². The van der Waals surface area contributed by atoms with Crippen LogP contribution in [0.3, 0.4) is 0 Å². The average Bonchev–Trinajstić information content (AvgIpc) is 1.98. The van der Waals surface area contributed by atoms with Gasteiger partial charge in [-0.25, -0.2) is 4.79 Å². The predicted octanol–water partition coefficient (Wildman–Crippen LogP) is -0.318. The van der Waals surface area contributed by atoms with E-state index in [1.165, 1.54) is 7.11 Å². The molecular formula is C6H10O4. The van der Waals surface area contributed by atoms with Gasteiger partial charge in [-0.1, -0.05) is 6.58 Å². The fourth-order valence-corrected chi connectivity index (χ4v) is 0.279. The molecule has 0 saturated carbocycles. The molecule has 0 fully saturated rings. The standard InChI is InChI=1S/C6H10O4/c1-5(3-7)6(8)10-4-9-2/h7H,1,3-4H2,2H3. The van der Waals surface area contributed by atoms with Crippen LogP contribution in [0.2, 0.25) is 0 Å². The number of carbonyl (C=O) groups excluding carboxylic acids is 1. The second kappa shape index (κ2) is 4.96. The molecule has 0 bridgehead atoms. The molecule has 0 atom stereocenters. The number of ether oxygens (including phenoxy) is 2. The van der Waals surface area contributed by atoms with Gasteiger partial charge in [0.25, 0.3) is 0 Å². The number of methoxy groups -OCH3 is 1. The van der Waals surface area contributed by atoms with E-state index in [-0.39, 0.29) is 19.0 Å². The van der Waals surface area contributed by atoms with E-state index < -0.39 is 5.97 Å². The lowest BCUT2D eigenvalue weighted by Gasteiger charge is -2.01. The van der Waals surface area contributed by atoms with E-state index in [2.05, 4.69) is 16.1 Å². The molecule has 0 heterocycles. The fraction of sp³-hybridized carbons (Fsp3) is 0.500. The first kappa shape index (κ1) is 9.13. The molecule has 0 aromatic carbocycles. The molecule has 0 rings (SSSR count). The van der Waals surface area contributed by atoms with Crippen LogP contribution in [0.4, 0.5) is 0 Å². The van der Waals surface area contributed by atoms with Crippen molar-refractivity contribution in [1.29, 1.82) is 0 Å². The molecular weight excluding hydrogens is 136 g/mol. The summed E-state index contributed by atoms with van der Waals surface area (Å²) in [5, 5.41) is 8.36. The molecule has 10 heavy (non-hydrogen) atoms. The van der Waals surface area contributed by atoms with E-state index in [0.29, 0.717) is 0 Å². The van der Waals surface area contributed by atoms with Crippen LogP contribution in [0, 0.1) is 0 Å². The van der Waals surface area contributed by atoms with Crippen molar-refractivity contribution in [3.63, 3.8) is 0 Å². The maximum Gasteiger partial charge on any atom is 0.337 e. The van der Waals surface area contributed by atoms with Gasteiger partial charge in [-0.15, -0.1) is 0 Å². The van der Waals surface area contributed by atoms with Crippen LogP contribution in [-0.2, 0) is 14.3 Å². The van der Waals surface area contributed by atoms with Gasteiger partial charge >= 0.3 is 5.97 Å². The summed E-state index contributed by atoms with van der Waals surface area (Å²) in [5.74, 6) is -0.635. The summed E-state index contributed by atoms with van der Waals surface area (Å²) < 4.78 is 8.86. The summed E-state index contributed by atoms with van der Waals surface area (Å²) >= 11 is 0. The van der Waals surface area contributed by atoms with Gasteiger partial charge in [-0.05, 0) is 0 Å². The minimum absolute atomic E-state index is 0.0250. The van der Waals surface area contributed by atoms with Gasteiger partial charge in [-0.3, -0.25) is 0 Å². The number of rotatable bonds is 4. The molecule has 58 valence electrons. The Kier molecular flexibility index (Phi) is 4.53. The molecule has 0 spiro atoms. The van der Waals surface area contributed by atoms with E-state index in [4.69, 9.17) is 5.11 Å². The fourth-order valence-electron chi connectivity index (χ4n) is 0.279. The predicted molar refractivity (Wildman–Crippen MR) is 34.2 cm³/mol. The van der Waals surface area contributed by atoms with Crippen molar-refractivity contribution in [3.05, 3.63) is 12.2 Å². The lowest BCUT2D eigenvalue weighted by Crippen LogP contribution is -2.11. The van der Waals surface area contributed by atoms with Crippen molar-refractivity contribution in [3.8, 4) is 0 Å². The van der Waals surface area contributed by atoms with Gasteiger partial charge in [0.15, 0.2) is 6.79 Å². The summed E-state index contributed by atoms with van der Waals surface area (Å²) in [6.45, 7) is 2.75. The largest absolute Gasteiger partial charge is 0.435 e. The quantitative estimate of drug-likeness (QED) is 0.335. The maximum absolute atomic E-state index is 10.6. The minimum Gasteiger partial charge on any atom is -0.435 e. The third-order valence-electron chi connectivity index (χ3n) is 0.787. The second-order valence-corrected chi connectivity index (χ2v) is 1.60. The highest BCUT2D eigenvalue weighted by Crippen LogP contribution is 1.91. The number of aliphatic hydroxyl groups is 1. The summed E-state index contributed by atoms with van der Waals surface area (Å²) in [6.07, 6.45) is 0. The minimum atomic E-state index is -0.635. The van der Waals surface area contributed by atoms with Gasteiger partial charge in [0.2, 0.25) is 0 Å². The summed E-state index contributed by atoms with van der Waals surface area (Å²) in [6, 6.07) is 0. The van der Waals surface area contributed by atoms with Crippen LogP contribution >= 0.6 is 0 Å². The smallest absolute Gasteiger partial charge is 0.337 e. The number of aliphatic hydroxyl groups excluding tert-OH is 1. The third-order valence-corrected chi connectivity index (χ3v) is 0.787. The third kappa shape index (κ3) is 3.21. The molecule has 0 aromatic heterocycles. The molecule has 1 N–H and O–H groups in total. The van der Waals surface area contributed by atoms with E-state index in [1.807, 2.05) is 0 Å². The van der Waals surface area contributed by atoms with Crippen LogP contribution in [0.15, 0.2) is 12.2 Å². The Balaban J connectivity index is 3.52. The van der Waals surface area contributed by atoms with E-state index in [9.17, 15) is 4.79 Å². The van der Waals surface area contributed by atoms with Gasteiger partial charge in [-0.2, -0.15) is 0 Å². The molecule has 0 unspecified atom stereocenters. The Morgan fingerprint density at radius 1 is 1.70 bits per heavy atom. The molecule has 0 aliphatic rings. The average molecular weight is 146 g/mol. The van der Waals surface area contributed by atoms with E-state index in [0.717, 1.165) is 0 Å². The molecule has 0 aromatic rings. The normalized spacial score (nSPS) is 9.00. The first-order valence-corrected chi connectivity index (χ1v) is 2.67. The molecule has 4 nitrogen and oxygen atoms in total. The number of carbonyl (C=O) groups is 1. The Morgan fingerprint density at radius 3 is 2.70 bits per heavy atom. The van der Waals surface area contributed by atoms with Crippen LogP contribution in [0.1, 0.15) is 0 Å². The highest BCUT2D eigenvalue weighted by atomic mass is 16.7. The molecule has 0 aliphatic carbocycles. The monoisotopic (exact) mass is 146 g/mol. The lowest BCUT2D eigenvalue weighted by atomic mass is 10.3. The van der Waals surface area contributed by atoms with Crippen molar-refractivity contribution >= 4 is 5.97 Å². The zero-order valence-corrected chi connectivity index (χ0v) is 5.79. The molecule has 0 aliphatic heterocycles. The van der Waals surface area contributed by atoms with Gasteiger partial charge in [0, 0.05) is 7.11 Å². The van der Waals surface area contributed by atoms with E-state index >= 15 is 0 Å². The Labute approximate surface area is 59.1 Å².